The van der Waals surface area contributed by atoms with E-state index in [2.05, 4.69) is 5.32 Å². The van der Waals surface area contributed by atoms with E-state index in [1.807, 2.05) is 20.9 Å². The number of imide groups is 1. The van der Waals surface area contributed by atoms with Crippen molar-refractivity contribution in [3.05, 3.63) is 35.4 Å². The third-order valence-corrected chi connectivity index (χ3v) is 3.34. The van der Waals surface area contributed by atoms with Crippen LogP contribution in [0.1, 0.15) is 34.6 Å². The number of hydrogen-bond acceptors (Lipinski definition) is 3. The van der Waals surface area contributed by atoms with Crippen molar-refractivity contribution in [2.75, 3.05) is 13.6 Å². The van der Waals surface area contributed by atoms with Crippen molar-refractivity contribution in [2.45, 2.75) is 19.9 Å². The van der Waals surface area contributed by atoms with Crippen LogP contribution in [0.2, 0.25) is 0 Å². The lowest BCUT2D eigenvalue weighted by atomic mass is 10.0. The smallest absolute Gasteiger partial charge is 0.261 e. The van der Waals surface area contributed by atoms with E-state index in [4.69, 9.17) is 0 Å². The van der Waals surface area contributed by atoms with Crippen LogP contribution in [0, 0.1) is 5.92 Å². The molecular formula is C14H18N2O2. The third-order valence-electron chi connectivity index (χ3n) is 3.34. The van der Waals surface area contributed by atoms with Gasteiger partial charge >= 0.3 is 0 Å². The summed E-state index contributed by atoms with van der Waals surface area (Å²) >= 11 is 0. The largest absolute Gasteiger partial charge is 0.318 e. The summed E-state index contributed by atoms with van der Waals surface area (Å²) < 4.78 is 0. The predicted molar refractivity (Wildman–Crippen MR) is 69.5 cm³/mol. The van der Waals surface area contributed by atoms with Gasteiger partial charge in [-0.2, -0.15) is 0 Å². The molecule has 1 heterocycles. The molecular weight excluding hydrogens is 228 g/mol. The van der Waals surface area contributed by atoms with E-state index >= 15 is 0 Å². The van der Waals surface area contributed by atoms with Crippen molar-refractivity contribution in [1.29, 1.82) is 0 Å². The Kier molecular flexibility index (Phi) is 3.48. The van der Waals surface area contributed by atoms with Crippen LogP contribution in [0.4, 0.5) is 0 Å². The molecule has 0 saturated heterocycles. The summed E-state index contributed by atoms with van der Waals surface area (Å²) in [5.74, 6) is -0.131. The highest BCUT2D eigenvalue weighted by molar-refractivity contribution is 6.21. The molecule has 1 aromatic carbocycles. The fourth-order valence-corrected chi connectivity index (χ4v) is 2.34. The van der Waals surface area contributed by atoms with Gasteiger partial charge in [0.25, 0.3) is 11.8 Å². The molecule has 1 aliphatic rings. The quantitative estimate of drug-likeness (QED) is 0.820. The van der Waals surface area contributed by atoms with Crippen LogP contribution in [0.25, 0.3) is 0 Å². The average Bonchev–Trinajstić information content (AvgIpc) is 2.60. The average molecular weight is 246 g/mol. The zero-order valence-corrected chi connectivity index (χ0v) is 10.9. The standard InChI is InChI=1S/C14H18N2O2/c1-9(2)12(8-15-3)16-13(17)10-6-4-5-7-11(10)14(16)18/h4-7,9,12,15H,8H2,1-3H3. The summed E-state index contributed by atoms with van der Waals surface area (Å²) in [5.41, 5.74) is 1.04. The molecule has 0 aliphatic carbocycles. The van der Waals surface area contributed by atoms with Gasteiger partial charge in [-0.05, 0) is 25.1 Å². The first-order valence-electron chi connectivity index (χ1n) is 6.19. The summed E-state index contributed by atoms with van der Waals surface area (Å²) in [6.45, 7) is 4.65. The summed E-state index contributed by atoms with van der Waals surface area (Å²) in [6.07, 6.45) is 0. The van der Waals surface area contributed by atoms with Crippen molar-refractivity contribution >= 4 is 11.8 Å². The van der Waals surface area contributed by atoms with Crippen LogP contribution in [-0.2, 0) is 0 Å². The maximum Gasteiger partial charge on any atom is 0.261 e. The lowest BCUT2D eigenvalue weighted by Gasteiger charge is -2.29. The molecule has 1 aromatic rings. The maximum atomic E-state index is 12.3. The molecule has 1 atom stereocenters. The van der Waals surface area contributed by atoms with Crippen LogP contribution in [-0.4, -0.2) is 36.3 Å². The monoisotopic (exact) mass is 246 g/mol. The minimum Gasteiger partial charge on any atom is -0.318 e. The fraction of sp³-hybridized carbons (Fsp3) is 0.429. The van der Waals surface area contributed by atoms with Crippen molar-refractivity contribution < 1.29 is 9.59 Å². The van der Waals surface area contributed by atoms with E-state index < -0.39 is 0 Å². The number of carbonyl (C=O) groups excluding carboxylic acids is 2. The van der Waals surface area contributed by atoms with Gasteiger partial charge in [-0.15, -0.1) is 0 Å². The molecule has 4 heteroatoms. The molecule has 2 amide bonds. The summed E-state index contributed by atoms with van der Waals surface area (Å²) in [5, 5.41) is 3.05. The predicted octanol–water partition coefficient (Wildman–Crippen LogP) is 1.53. The Morgan fingerprint density at radius 1 is 1.11 bits per heavy atom. The summed E-state index contributed by atoms with van der Waals surface area (Å²) in [6, 6.07) is 6.90. The Balaban J connectivity index is 2.38. The second-order valence-electron chi connectivity index (χ2n) is 4.89. The zero-order chi connectivity index (χ0) is 13.3. The van der Waals surface area contributed by atoms with Gasteiger partial charge in [-0.25, -0.2) is 0 Å². The molecule has 0 saturated carbocycles. The number of carbonyl (C=O) groups is 2. The number of amides is 2. The number of likely N-dealkylation sites (N-methyl/N-ethyl adjacent to an activating group) is 1. The molecule has 18 heavy (non-hydrogen) atoms. The first-order valence-corrected chi connectivity index (χ1v) is 6.19. The van der Waals surface area contributed by atoms with Crippen molar-refractivity contribution in [3.8, 4) is 0 Å². The maximum absolute atomic E-state index is 12.3. The van der Waals surface area contributed by atoms with E-state index in [-0.39, 0.29) is 23.8 Å². The van der Waals surface area contributed by atoms with Gasteiger partial charge in [0.05, 0.1) is 17.2 Å². The number of fused-ring (bicyclic) bond motifs is 1. The summed E-state index contributed by atoms with van der Waals surface area (Å²) in [4.78, 5) is 26.0. The lowest BCUT2D eigenvalue weighted by Crippen LogP contribution is -2.47. The van der Waals surface area contributed by atoms with Crippen molar-refractivity contribution in [1.82, 2.24) is 10.2 Å². The first kappa shape index (κ1) is 12.8. The summed E-state index contributed by atoms with van der Waals surface area (Å²) in [7, 11) is 1.83. The molecule has 1 unspecified atom stereocenters. The fourth-order valence-electron chi connectivity index (χ4n) is 2.34. The second kappa shape index (κ2) is 4.90. The van der Waals surface area contributed by atoms with Gasteiger partial charge in [0.1, 0.15) is 0 Å². The normalized spacial score (nSPS) is 16.3. The van der Waals surface area contributed by atoms with Crippen molar-refractivity contribution in [2.24, 2.45) is 5.92 Å². The number of nitrogens with one attached hydrogen (secondary N) is 1. The van der Waals surface area contributed by atoms with E-state index in [9.17, 15) is 9.59 Å². The molecule has 2 rings (SSSR count). The van der Waals surface area contributed by atoms with Gasteiger partial charge in [0.15, 0.2) is 0 Å². The molecule has 0 fully saturated rings. The molecule has 0 aromatic heterocycles. The highest BCUT2D eigenvalue weighted by Gasteiger charge is 2.40. The third kappa shape index (κ3) is 1.93. The van der Waals surface area contributed by atoms with Crippen LogP contribution in [0.3, 0.4) is 0 Å². The second-order valence-corrected chi connectivity index (χ2v) is 4.89. The lowest BCUT2D eigenvalue weighted by molar-refractivity contribution is 0.0542. The molecule has 4 nitrogen and oxygen atoms in total. The molecule has 1 N–H and O–H groups in total. The number of benzene rings is 1. The van der Waals surface area contributed by atoms with Gasteiger partial charge in [-0.1, -0.05) is 26.0 Å². The molecule has 96 valence electrons. The van der Waals surface area contributed by atoms with Gasteiger partial charge in [0, 0.05) is 6.54 Å². The number of hydrogen-bond donors (Lipinski definition) is 1. The van der Waals surface area contributed by atoms with Crippen molar-refractivity contribution in [3.63, 3.8) is 0 Å². The van der Waals surface area contributed by atoms with E-state index in [0.29, 0.717) is 17.7 Å². The molecule has 0 bridgehead atoms. The van der Waals surface area contributed by atoms with E-state index in [0.717, 1.165) is 0 Å². The van der Waals surface area contributed by atoms with E-state index in [1.165, 1.54) is 4.90 Å². The van der Waals surface area contributed by atoms with Crippen LogP contribution < -0.4 is 5.32 Å². The Labute approximate surface area is 107 Å². The van der Waals surface area contributed by atoms with E-state index in [1.54, 1.807) is 24.3 Å². The van der Waals surface area contributed by atoms with Crippen LogP contribution in [0.15, 0.2) is 24.3 Å². The first-order chi connectivity index (χ1) is 8.57. The molecule has 0 radical (unpaired) electrons. The Hall–Kier alpha value is -1.68. The SMILES string of the molecule is CNCC(C(C)C)N1C(=O)c2ccccc2C1=O. The van der Waals surface area contributed by atoms with Gasteiger partial charge in [-0.3, -0.25) is 14.5 Å². The Morgan fingerprint density at radius 3 is 2.00 bits per heavy atom. The molecule has 0 spiro atoms. The molecule has 1 aliphatic heterocycles. The minimum absolute atomic E-state index is 0.109. The highest BCUT2D eigenvalue weighted by atomic mass is 16.2. The number of rotatable bonds is 4. The Bertz CT molecular complexity index is 447. The number of nitrogens with zero attached hydrogens (tertiary/aromatic N) is 1. The topological polar surface area (TPSA) is 49.4 Å². The van der Waals surface area contributed by atoms with Gasteiger partial charge < -0.3 is 5.32 Å². The van der Waals surface area contributed by atoms with Crippen LogP contribution >= 0.6 is 0 Å². The zero-order valence-electron chi connectivity index (χ0n) is 10.9. The minimum atomic E-state index is -0.176. The van der Waals surface area contributed by atoms with Gasteiger partial charge in [0.2, 0.25) is 0 Å². The van der Waals surface area contributed by atoms with Crippen LogP contribution in [0.5, 0.6) is 0 Å². The highest BCUT2D eigenvalue weighted by Crippen LogP contribution is 2.26. The Morgan fingerprint density at radius 2 is 1.61 bits per heavy atom.